The van der Waals surface area contributed by atoms with Crippen LogP contribution in [0.3, 0.4) is 0 Å². The minimum Gasteiger partial charge on any atom is -0.334 e. The zero-order chi connectivity index (χ0) is 10.1. The molecule has 0 atom stereocenters. The molecule has 0 saturated heterocycles. The van der Waals surface area contributed by atoms with Crippen LogP contribution in [0.1, 0.15) is 5.56 Å². The normalized spacial score (nSPS) is 19.1. The number of guanidine groups is 1. The van der Waals surface area contributed by atoms with Gasteiger partial charge in [-0.1, -0.05) is 30.3 Å². The van der Waals surface area contributed by atoms with Gasteiger partial charge in [0.05, 0.1) is 18.8 Å². The molecule has 4 nitrogen and oxygen atoms in total. The van der Waals surface area contributed by atoms with Crippen LogP contribution in [0.2, 0.25) is 0 Å². The molecule has 1 aromatic rings. The highest BCUT2D eigenvalue weighted by atomic mass is 15.5. The molecule has 0 aromatic heterocycles. The SMILES string of the molecule is c1ccc(C2=NNC3=NCCN3C2)cc1. The van der Waals surface area contributed by atoms with Gasteiger partial charge in [0.1, 0.15) is 0 Å². The van der Waals surface area contributed by atoms with Gasteiger partial charge < -0.3 is 4.90 Å². The first-order valence-corrected chi connectivity index (χ1v) is 5.11. The fraction of sp³-hybridized carbons (Fsp3) is 0.273. The van der Waals surface area contributed by atoms with Crippen molar-refractivity contribution < 1.29 is 0 Å². The van der Waals surface area contributed by atoms with Crippen molar-refractivity contribution in [2.75, 3.05) is 19.6 Å². The van der Waals surface area contributed by atoms with Crippen LogP contribution in [0.25, 0.3) is 0 Å². The van der Waals surface area contributed by atoms with E-state index in [1.54, 1.807) is 0 Å². The lowest BCUT2D eigenvalue weighted by Crippen LogP contribution is -2.44. The molecule has 76 valence electrons. The predicted molar refractivity (Wildman–Crippen MR) is 60.0 cm³/mol. The zero-order valence-corrected chi connectivity index (χ0v) is 8.35. The highest BCUT2D eigenvalue weighted by Crippen LogP contribution is 2.09. The van der Waals surface area contributed by atoms with E-state index in [2.05, 4.69) is 32.6 Å². The molecule has 15 heavy (non-hydrogen) atoms. The molecule has 0 saturated carbocycles. The predicted octanol–water partition coefficient (Wildman–Crippen LogP) is 0.665. The topological polar surface area (TPSA) is 40.0 Å². The number of rotatable bonds is 1. The van der Waals surface area contributed by atoms with Crippen molar-refractivity contribution in [3.8, 4) is 0 Å². The Hall–Kier alpha value is -1.84. The fourth-order valence-corrected chi connectivity index (χ4v) is 1.86. The molecule has 0 fully saturated rings. The van der Waals surface area contributed by atoms with Gasteiger partial charge in [0.15, 0.2) is 0 Å². The molecule has 0 spiro atoms. The summed E-state index contributed by atoms with van der Waals surface area (Å²) in [6.45, 7) is 2.73. The Balaban J connectivity index is 1.88. The van der Waals surface area contributed by atoms with Gasteiger partial charge in [-0.25, -0.2) is 10.4 Å². The van der Waals surface area contributed by atoms with Crippen LogP contribution in [0.5, 0.6) is 0 Å². The van der Waals surface area contributed by atoms with Crippen molar-refractivity contribution >= 4 is 11.7 Å². The number of hydrazone groups is 1. The van der Waals surface area contributed by atoms with E-state index in [0.717, 1.165) is 31.3 Å². The van der Waals surface area contributed by atoms with Crippen molar-refractivity contribution in [2.24, 2.45) is 10.1 Å². The molecular weight excluding hydrogens is 188 g/mol. The third-order valence-corrected chi connectivity index (χ3v) is 2.67. The van der Waals surface area contributed by atoms with Crippen LogP contribution in [0, 0.1) is 0 Å². The van der Waals surface area contributed by atoms with E-state index in [1.165, 1.54) is 5.56 Å². The first-order chi connectivity index (χ1) is 7.43. The molecule has 0 bridgehead atoms. The van der Waals surface area contributed by atoms with Gasteiger partial charge in [0, 0.05) is 6.54 Å². The maximum atomic E-state index is 4.34. The number of fused-ring (bicyclic) bond motifs is 1. The number of hydrogen-bond donors (Lipinski definition) is 1. The van der Waals surface area contributed by atoms with Gasteiger partial charge in [-0.05, 0) is 5.56 Å². The van der Waals surface area contributed by atoms with Crippen LogP contribution in [-0.4, -0.2) is 36.2 Å². The standard InChI is InChI=1S/C11H12N4/c1-2-4-9(5-3-1)10-8-15-7-6-12-11(15)14-13-10/h1-5H,6-8H2,(H,12,14). The average molecular weight is 200 g/mol. The molecule has 4 heteroatoms. The lowest BCUT2D eigenvalue weighted by Gasteiger charge is -2.25. The van der Waals surface area contributed by atoms with E-state index in [1.807, 2.05) is 18.2 Å². The van der Waals surface area contributed by atoms with Crippen molar-refractivity contribution in [3.05, 3.63) is 35.9 Å². The van der Waals surface area contributed by atoms with Crippen molar-refractivity contribution in [1.82, 2.24) is 10.3 Å². The summed E-state index contributed by atoms with van der Waals surface area (Å²) in [5.41, 5.74) is 5.25. The summed E-state index contributed by atoms with van der Waals surface area (Å²) in [6.07, 6.45) is 0. The summed E-state index contributed by atoms with van der Waals surface area (Å²) in [5, 5.41) is 4.34. The molecule has 2 aliphatic rings. The molecule has 1 aromatic carbocycles. The smallest absolute Gasteiger partial charge is 0.215 e. The summed E-state index contributed by atoms with van der Waals surface area (Å²) >= 11 is 0. The van der Waals surface area contributed by atoms with Gasteiger partial charge in [-0.15, -0.1) is 0 Å². The average Bonchev–Trinajstić information content (AvgIpc) is 2.77. The second-order valence-electron chi connectivity index (χ2n) is 3.66. The minimum absolute atomic E-state index is 0.857. The number of benzene rings is 1. The highest BCUT2D eigenvalue weighted by Gasteiger charge is 2.22. The van der Waals surface area contributed by atoms with Gasteiger partial charge in [0.25, 0.3) is 0 Å². The number of nitrogens with one attached hydrogen (secondary N) is 1. The highest BCUT2D eigenvalue weighted by molar-refractivity contribution is 6.05. The Bertz CT molecular complexity index is 421. The molecular formula is C11H12N4. The summed E-state index contributed by atoms with van der Waals surface area (Å²) in [4.78, 5) is 6.53. The second-order valence-corrected chi connectivity index (χ2v) is 3.66. The van der Waals surface area contributed by atoms with Gasteiger partial charge in [0.2, 0.25) is 5.96 Å². The molecule has 0 amide bonds. The van der Waals surface area contributed by atoms with Crippen LogP contribution in [0.4, 0.5) is 0 Å². The summed E-state index contributed by atoms with van der Waals surface area (Å²) in [5.74, 6) is 0.912. The molecule has 3 rings (SSSR count). The Morgan fingerprint density at radius 3 is 2.93 bits per heavy atom. The van der Waals surface area contributed by atoms with Crippen LogP contribution < -0.4 is 5.43 Å². The maximum absolute atomic E-state index is 4.34. The quantitative estimate of drug-likeness (QED) is 0.723. The molecule has 1 N–H and O–H groups in total. The Morgan fingerprint density at radius 1 is 1.20 bits per heavy atom. The Morgan fingerprint density at radius 2 is 2.07 bits per heavy atom. The number of hydrogen-bond acceptors (Lipinski definition) is 4. The van der Waals surface area contributed by atoms with E-state index in [-0.39, 0.29) is 0 Å². The summed E-state index contributed by atoms with van der Waals surface area (Å²) in [6, 6.07) is 10.2. The number of nitrogens with zero attached hydrogens (tertiary/aromatic N) is 3. The van der Waals surface area contributed by atoms with Crippen LogP contribution >= 0.6 is 0 Å². The lowest BCUT2D eigenvalue weighted by atomic mass is 10.1. The first-order valence-electron chi connectivity index (χ1n) is 5.11. The number of aliphatic imine (C=N–C) groups is 1. The minimum atomic E-state index is 0.857. The molecule has 0 unspecified atom stereocenters. The van der Waals surface area contributed by atoms with E-state index in [9.17, 15) is 0 Å². The third-order valence-electron chi connectivity index (χ3n) is 2.67. The van der Waals surface area contributed by atoms with Crippen molar-refractivity contribution in [1.29, 1.82) is 0 Å². The largest absolute Gasteiger partial charge is 0.334 e. The first kappa shape index (κ1) is 8.47. The molecule has 0 aliphatic carbocycles. The summed E-state index contributed by atoms with van der Waals surface area (Å²) < 4.78 is 0. The van der Waals surface area contributed by atoms with Crippen LogP contribution in [0.15, 0.2) is 40.4 Å². The van der Waals surface area contributed by atoms with Gasteiger partial charge in [-0.3, -0.25) is 0 Å². The lowest BCUT2D eigenvalue weighted by molar-refractivity contribution is 0.490. The fourth-order valence-electron chi connectivity index (χ4n) is 1.86. The van der Waals surface area contributed by atoms with E-state index in [0.29, 0.717) is 0 Å². The summed E-state index contributed by atoms with van der Waals surface area (Å²) in [7, 11) is 0. The Kier molecular flexibility index (Phi) is 1.91. The zero-order valence-electron chi connectivity index (χ0n) is 8.35. The van der Waals surface area contributed by atoms with E-state index < -0.39 is 0 Å². The second kappa shape index (κ2) is 3.38. The Labute approximate surface area is 88.3 Å². The van der Waals surface area contributed by atoms with Gasteiger partial charge >= 0.3 is 0 Å². The molecule has 2 heterocycles. The van der Waals surface area contributed by atoms with E-state index in [4.69, 9.17) is 0 Å². The van der Waals surface area contributed by atoms with Crippen molar-refractivity contribution in [3.63, 3.8) is 0 Å². The maximum Gasteiger partial charge on any atom is 0.215 e. The monoisotopic (exact) mass is 200 g/mol. The van der Waals surface area contributed by atoms with Crippen molar-refractivity contribution in [2.45, 2.75) is 0 Å². The van der Waals surface area contributed by atoms with E-state index >= 15 is 0 Å². The van der Waals surface area contributed by atoms with Crippen LogP contribution in [-0.2, 0) is 0 Å². The third kappa shape index (κ3) is 1.48. The van der Waals surface area contributed by atoms with Gasteiger partial charge in [-0.2, -0.15) is 5.10 Å². The molecule has 0 radical (unpaired) electrons. The molecule has 2 aliphatic heterocycles.